The lowest BCUT2D eigenvalue weighted by Gasteiger charge is -2.26. The van der Waals surface area contributed by atoms with Gasteiger partial charge < -0.3 is 19.0 Å². The lowest BCUT2D eigenvalue weighted by molar-refractivity contribution is -0.115. The molecule has 1 aliphatic heterocycles. The van der Waals surface area contributed by atoms with Crippen LogP contribution in [0.4, 0.5) is 5.69 Å². The Hall–Kier alpha value is -2.67. The number of hydrogen-bond acceptors (Lipinski definition) is 8. The monoisotopic (exact) mass is 477 g/mol. The van der Waals surface area contributed by atoms with Gasteiger partial charge in [0, 0.05) is 18.8 Å². The van der Waals surface area contributed by atoms with Gasteiger partial charge in [-0.3, -0.25) is 4.79 Å². The summed E-state index contributed by atoms with van der Waals surface area (Å²) >= 11 is 1.27. The van der Waals surface area contributed by atoms with Gasteiger partial charge in [-0.05, 0) is 43.3 Å². The van der Waals surface area contributed by atoms with E-state index in [4.69, 9.17) is 9.15 Å². The second-order valence-corrected chi connectivity index (χ2v) is 10.4. The molecule has 0 aliphatic carbocycles. The zero-order valence-electron chi connectivity index (χ0n) is 17.4. The molecule has 0 bridgehead atoms. The number of ether oxygens (including phenoxy) is 1. The lowest BCUT2D eigenvalue weighted by Crippen LogP contribution is -2.40. The molecule has 0 radical (unpaired) electrons. The van der Waals surface area contributed by atoms with Crippen LogP contribution in [0, 0.1) is 0 Å². The van der Waals surface area contributed by atoms with Gasteiger partial charge in [0.15, 0.2) is 5.16 Å². The Bertz CT molecular complexity index is 1140. The molecular formula is C20H23N5O5S2. The Labute approximate surface area is 190 Å². The summed E-state index contributed by atoms with van der Waals surface area (Å²) in [4.78, 5) is 12.8. The van der Waals surface area contributed by atoms with Crippen molar-refractivity contribution in [1.29, 1.82) is 0 Å². The van der Waals surface area contributed by atoms with Crippen LogP contribution in [0.5, 0.6) is 0 Å². The van der Waals surface area contributed by atoms with E-state index in [-0.39, 0.29) is 10.8 Å². The molecule has 0 saturated carbocycles. The predicted octanol–water partition coefficient (Wildman–Crippen LogP) is 2.06. The number of rotatable bonds is 8. The summed E-state index contributed by atoms with van der Waals surface area (Å²) in [5.41, 5.74) is 0.514. The van der Waals surface area contributed by atoms with Gasteiger partial charge in [0.05, 0.1) is 36.2 Å². The maximum absolute atomic E-state index is 12.7. The number of nitrogens with one attached hydrogen (secondary N) is 1. The van der Waals surface area contributed by atoms with Gasteiger partial charge in [-0.25, -0.2) is 8.42 Å². The zero-order chi connectivity index (χ0) is 22.6. The summed E-state index contributed by atoms with van der Waals surface area (Å²) in [7, 11) is -3.57. The standard InChI is InChI=1S/C20H23N5O5S2/c1-15(31-20-23-21-14-24(20)13-17-3-2-10-30-17)19(26)22-16-4-6-18(7-5-16)32(27,28)25-8-11-29-12-9-25/h2-7,10,14-15H,8-9,11-13H2,1H3,(H,22,26). The Morgan fingerprint density at radius 3 is 2.66 bits per heavy atom. The quantitative estimate of drug-likeness (QED) is 0.490. The number of furan rings is 1. The molecule has 3 heterocycles. The summed E-state index contributed by atoms with van der Waals surface area (Å²) in [6.45, 7) is 3.68. The normalized spacial score (nSPS) is 16.0. The van der Waals surface area contributed by atoms with Crippen molar-refractivity contribution in [2.24, 2.45) is 0 Å². The number of anilines is 1. The molecule has 1 fully saturated rings. The molecule has 170 valence electrons. The second kappa shape index (κ2) is 9.86. The highest BCUT2D eigenvalue weighted by atomic mass is 32.2. The molecule has 1 aliphatic rings. The van der Waals surface area contributed by atoms with E-state index in [1.807, 2.05) is 6.07 Å². The van der Waals surface area contributed by atoms with Crippen LogP contribution in [0.3, 0.4) is 0 Å². The highest BCUT2D eigenvalue weighted by Gasteiger charge is 2.26. The van der Waals surface area contributed by atoms with Crippen LogP contribution >= 0.6 is 11.8 Å². The fourth-order valence-corrected chi connectivity index (χ4v) is 5.35. The maximum atomic E-state index is 12.7. The van der Waals surface area contributed by atoms with E-state index in [1.54, 1.807) is 42.3 Å². The van der Waals surface area contributed by atoms with Gasteiger partial charge >= 0.3 is 0 Å². The van der Waals surface area contributed by atoms with Crippen molar-refractivity contribution in [3.8, 4) is 0 Å². The maximum Gasteiger partial charge on any atom is 0.243 e. The molecule has 1 saturated heterocycles. The van der Waals surface area contributed by atoms with E-state index in [2.05, 4.69) is 15.5 Å². The van der Waals surface area contributed by atoms with E-state index >= 15 is 0 Å². The molecule has 3 aromatic rings. The molecule has 0 spiro atoms. The Morgan fingerprint density at radius 1 is 1.22 bits per heavy atom. The largest absolute Gasteiger partial charge is 0.467 e. The minimum atomic E-state index is -3.57. The number of hydrogen-bond donors (Lipinski definition) is 1. The third kappa shape index (κ3) is 5.21. The fraction of sp³-hybridized carbons (Fsp3) is 0.350. The Kier molecular flexibility index (Phi) is 6.94. The minimum Gasteiger partial charge on any atom is -0.467 e. The molecule has 1 amide bonds. The average Bonchev–Trinajstić information content (AvgIpc) is 3.47. The Balaban J connectivity index is 1.36. The van der Waals surface area contributed by atoms with E-state index in [0.717, 1.165) is 5.76 Å². The summed E-state index contributed by atoms with van der Waals surface area (Å²) in [5.74, 6) is 0.530. The molecule has 10 nitrogen and oxygen atoms in total. The molecular weight excluding hydrogens is 454 g/mol. The molecule has 2 aromatic heterocycles. The number of amides is 1. The van der Waals surface area contributed by atoms with Crippen molar-refractivity contribution >= 4 is 33.4 Å². The molecule has 1 aromatic carbocycles. The molecule has 1 atom stereocenters. The smallest absolute Gasteiger partial charge is 0.243 e. The fourth-order valence-electron chi connectivity index (χ4n) is 3.12. The number of carbonyl (C=O) groups is 1. The first-order chi connectivity index (χ1) is 15.4. The van der Waals surface area contributed by atoms with E-state index in [9.17, 15) is 13.2 Å². The van der Waals surface area contributed by atoms with E-state index in [1.165, 1.54) is 28.2 Å². The third-order valence-electron chi connectivity index (χ3n) is 4.87. The second-order valence-electron chi connectivity index (χ2n) is 7.11. The third-order valence-corrected chi connectivity index (χ3v) is 7.87. The molecule has 1 unspecified atom stereocenters. The molecule has 1 N–H and O–H groups in total. The number of nitrogens with zero attached hydrogens (tertiary/aromatic N) is 4. The van der Waals surface area contributed by atoms with Gasteiger partial charge in [-0.2, -0.15) is 4.31 Å². The van der Waals surface area contributed by atoms with Crippen LogP contribution in [-0.2, 0) is 26.1 Å². The van der Waals surface area contributed by atoms with Crippen LogP contribution in [-0.4, -0.2) is 64.9 Å². The van der Waals surface area contributed by atoms with Crippen molar-refractivity contribution in [3.63, 3.8) is 0 Å². The number of sulfonamides is 1. The summed E-state index contributed by atoms with van der Waals surface area (Å²) < 4.78 is 39.2. The van der Waals surface area contributed by atoms with Gasteiger partial charge in [0.1, 0.15) is 12.1 Å². The van der Waals surface area contributed by atoms with Crippen molar-refractivity contribution < 1.29 is 22.4 Å². The van der Waals surface area contributed by atoms with Crippen molar-refractivity contribution in [1.82, 2.24) is 19.1 Å². The summed E-state index contributed by atoms with van der Waals surface area (Å²) in [6.07, 6.45) is 3.18. The van der Waals surface area contributed by atoms with Crippen molar-refractivity contribution in [2.75, 3.05) is 31.6 Å². The highest BCUT2D eigenvalue weighted by molar-refractivity contribution is 8.00. The number of carbonyl (C=O) groups excluding carboxylic acids is 1. The zero-order valence-corrected chi connectivity index (χ0v) is 19.0. The minimum absolute atomic E-state index is 0.186. The first kappa shape index (κ1) is 22.5. The Morgan fingerprint density at radius 2 is 1.97 bits per heavy atom. The van der Waals surface area contributed by atoms with Crippen LogP contribution < -0.4 is 5.32 Å². The van der Waals surface area contributed by atoms with E-state index in [0.29, 0.717) is 43.7 Å². The van der Waals surface area contributed by atoms with Gasteiger partial charge in [0.2, 0.25) is 15.9 Å². The molecule has 12 heteroatoms. The lowest BCUT2D eigenvalue weighted by atomic mass is 10.3. The number of morpholine rings is 1. The first-order valence-electron chi connectivity index (χ1n) is 9.99. The van der Waals surface area contributed by atoms with Crippen LogP contribution in [0.1, 0.15) is 12.7 Å². The SMILES string of the molecule is CC(Sc1nncn1Cc1ccco1)C(=O)Nc1ccc(S(=O)(=O)N2CCOCC2)cc1. The van der Waals surface area contributed by atoms with Gasteiger partial charge in [-0.15, -0.1) is 10.2 Å². The van der Waals surface area contributed by atoms with E-state index < -0.39 is 15.3 Å². The van der Waals surface area contributed by atoms with Crippen molar-refractivity contribution in [2.45, 2.75) is 28.8 Å². The number of benzene rings is 1. The van der Waals surface area contributed by atoms with Crippen LogP contribution in [0.2, 0.25) is 0 Å². The van der Waals surface area contributed by atoms with Crippen LogP contribution in [0.25, 0.3) is 0 Å². The average molecular weight is 478 g/mol. The summed E-state index contributed by atoms with van der Waals surface area (Å²) in [6, 6.07) is 9.83. The molecule has 4 rings (SSSR count). The first-order valence-corrected chi connectivity index (χ1v) is 12.3. The highest BCUT2D eigenvalue weighted by Crippen LogP contribution is 2.24. The number of aromatic nitrogens is 3. The molecule has 32 heavy (non-hydrogen) atoms. The van der Waals surface area contributed by atoms with Crippen LogP contribution in [0.15, 0.2) is 63.5 Å². The predicted molar refractivity (Wildman–Crippen MR) is 118 cm³/mol. The van der Waals surface area contributed by atoms with Gasteiger partial charge in [0.25, 0.3) is 0 Å². The topological polar surface area (TPSA) is 120 Å². The summed E-state index contributed by atoms with van der Waals surface area (Å²) in [5, 5.41) is 11.0. The van der Waals surface area contributed by atoms with Gasteiger partial charge in [-0.1, -0.05) is 11.8 Å². The van der Waals surface area contributed by atoms with Crippen molar-refractivity contribution in [3.05, 3.63) is 54.7 Å². The number of thioether (sulfide) groups is 1.